The molecule has 2 rings (SSSR count). The van der Waals surface area contributed by atoms with Gasteiger partial charge in [-0.2, -0.15) is 0 Å². The van der Waals surface area contributed by atoms with Gasteiger partial charge in [0.25, 0.3) is 11.8 Å². The zero-order valence-corrected chi connectivity index (χ0v) is 11.9. The Kier molecular flexibility index (Phi) is 4.21. The Balaban J connectivity index is 2.28. The number of anilines is 1. The van der Waals surface area contributed by atoms with E-state index in [-0.39, 0.29) is 5.56 Å². The Labute approximate surface area is 124 Å². The van der Waals surface area contributed by atoms with E-state index in [4.69, 9.17) is 0 Å². The van der Waals surface area contributed by atoms with Gasteiger partial charge in [-0.25, -0.2) is 17.6 Å². The molecule has 0 aliphatic rings. The number of aryl methyl sites for hydroxylation is 1. The fourth-order valence-electron chi connectivity index (χ4n) is 1.93. The van der Waals surface area contributed by atoms with E-state index in [0.717, 1.165) is 18.2 Å². The largest absolute Gasteiger partial charge is 0.322 e. The number of alkyl halides is 2. The van der Waals surface area contributed by atoms with Gasteiger partial charge >= 0.3 is 0 Å². The van der Waals surface area contributed by atoms with Crippen molar-refractivity contribution in [2.45, 2.75) is 19.8 Å². The Hall–Kier alpha value is -2.37. The summed E-state index contributed by atoms with van der Waals surface area (Å²) in [6, 6.07) is 6.67. The van der Waals surface area contributed by atoms with Crippen molar-refractivity contribution in [3.63, 3.8) is 0 Å². The molecule has 6 heteroatoms. The Morgan fingerprint density at radius 2 is 1.68 bits per heavy atom. The third-order valence-electron chi connectivity index (χ3n) is 3.12. The fraction of sp³-hybridized carbons (Fsp3) is 0.188. The van der Waals surface area contributed by atoms with E-state index in [2.05, 4.69) is 5.32 Å². The quantitative estimate of drug-likeness (QED) is 0.822. The van der Waals surface area contributed by atoms with Crippen LogP contribution in [0.2, 0.25) is 0 Å². The van der Waals surface area contributed by atoms with Crippen molar-refractivity contribution in [1.29, 1.82) is 0 Å². The first kappa shape index (κ1) is 16.0. The first-order valence-corrected chi connectivity index (χ1v) is 6.44. The van der Waals surface area contributed by atoms with E-state index in [1.165, 1.54) is 25.1 Å². The normalized spacial score (nSPS) is 11.4. The van der Waals surface area contributed by atoms with Crippen LogP contribution in [0.5, 0.6) is 0 Å². The van der Waals surface area contributed by atoms with Crippen LogP contribution in [-0.4, -0.2) is 5.91 Å². The molecule has 1 amide bonds. The number of hydrogen-bond donors (Lipinski definition) is 1. The molecule has 116 valence electrons. The van der Waals surface area contributed by atoms with E-state index >= 15 is 0 Å². The number of carbonyl (C=O) groups excluding carboxylic acids is 1. The molecule has 0 spiro atoms. The van der Waals surface area contributed by atoms with Gasteiger partial charge in [0.1, 0.15) is 11.6 Å². The molecule has 0 aliphatic carbocycles. The van der Waals surface area contributed by atoms with Gasteiger partial charge in [0, 0.05) is 18.2 Å². The second kappa shape index (κ2) is 5.79. The summed E-state index contributed by atoms with van der Waals surface area (Å²) in [6.45, 7) is 2.08. The van der Waals surface area contributed by atoms with Crippen molar-refractivity contribution in [1.82, 2.24) is 0 Å². The van der Waals surface area contributed by atoms with Gasteiger partial charge in [-0.05, 0) is 48.9 Å². The lowest BCUT2D eigenvalue weighted by Gasteiger charge is -2.13. The van der Waals surface area contributed by atoms with Crippen molar-refractivity contribution in [3.05, 3.63) is 64.7 Å². The van der Waals surface area contributed by atoms with Crippen LogP contribution in [0.4, 0.5) is 23.2 Å². The lowest BCUT2D eigenvalue weighted by molar-refractivity contribution is 0.0137. The van der Waals surface area contributed by atoms with Gasteiger partial charge in [0.15, 0.2) is 0 Å². The molecule has 0 aromatic heterocycles. The molecule has 2 aromatic rings. The van der Waals surface area contributed by atoms with Gasteiger partial charge in [0.2, 0.25) is 0 Å². The summed E-state index contributed by atoms with van der Waals surface area (Å²) in [6.07, 6.45) is 0. The molecule has 0 atom stereocenters. The molecule has 2 aromatic carbocycles. The SMILES string of the molecule is Cc1cc(NC(=O)c2ccc(F)c(C(C)(F)F)c2)ccc1F. The highest BCUT2D eigenvalue weighted by molar-refractivity contribution is 6.04. The zero-order valence-electron chi connectivity index (χ0n) is 11.9. The van der Waals surface area contributed by atoms with E-state index in [9.17, 15) is 22.4 Å². The fourth-order valence-corrected chi connectivity index (χ4v) is 1.93. The van der Waals surface area contributed by atoms with E-state index in [1.54, 1.807) is 0 Å². The molecule has 0 aliphatic heterocycles. The van der Waals surface area contributed by atoms with Gasteiger partial charge in [-0.3, -0.25) is 4.79 Å². The van der Waals surface area contributed by atoms with E-state index in [0.29, 0.717) is 18.2 Å². The smallest absolute Gasteiger partial charge is 0.273 e. The lowest BCUT2D eigenvalue weighted by Crippen LogP contribution is -2.16. The number of rotatable bonds is 3. The number of hydrogen-bond acceptors (Lipinski definition) is 1. The molecular formula is C16H13F4NO. The van der Waals surface area contributed by atoms with E-state index in [1.807, 2.05) is 0 Å². The minimum absolute atomic E-state index is 0.111. The second-order valence-electron chi connectivity index (χ2n) is 5.00. The van der Waals surface area contributed by atoms with Crippen LogP contribution < -0.4 is 5.32 Å². The monoisotopic (exact) mass is 311 g/mol. The third kappa shape index (κ3) is 3.44. The van der Waals surface area contributed by atoms with Crippen LogP contribution in [0.3, 0.4) is 0 Å². The number of halogens is 4. The van der Waals surface area contributed by atoms with Gasteiger partial charge in [-0.15, -0.1) is 0 Å². The summed E-state index contributed by atoms with van der Waals surface area (Å²) >= 11 is 0. The first-order chi connectivity index (χ1) is 10.2. The summed E-state index contributed by atoms with van der Waals surface area (Å²) < 4.78 is 53.1. The number of nitrogens with one attached hydrogen (secondary N) is 1. The summed E-state index contributed by atoms with van der Waals surface area (Å²) in [5, 5.41) is 2.45. The molecule has 0 saturated heterocycles. The minimum Gasteiger partial charge on any atom is -0.322 e. The standard InChI is InChI=1S/C16H13F4NO/c1-9-7-11(4-6-13(9)17)21-15(22)10-3-5-14(18)12(8-10)16(2,19)20/h3-8H,1-2H3,(H,21,22). The van der Waals surface area contributed by atoms with Crippen LogP contribution in [0.25, 0.3) is 0 Å². The molecule has 0 radical (unpaired) electrons. The summed E-state index contributed by atoms with van der Waals surface area (Å²) in [4.78, 5) is 12.0. The molecule has 0 heterocycles. The van der Waals surface area contributed by atoms with Crippen molar-refractivity contribution in [2.75, 3.05) is 5.32 Å². The topological polar surface area (TPSA) is 29.1 Å². The highest BCUT2D eigenvalue weighted by Crippen LogP contribution is 2.30. The van der Waals surface area contributed by atoms with Crippen molar-refractivity contribution >= 4 is 11.6 Å². The Bertz CT molecular complexity index is 723. The Morgan fingerprint density at radius 3 is 2.27 bits per heavy atom. The second-order valence-corrected chi connectivity index (χ2v) is 5.00. The molecular weight excluding hydrogens is 298 g/mol. The number of carbonyl (C=O) groups is 1. The minimum atomic E-state index is -3.40. The first-order valence-electron chi connectivity index (χ1n) is 6.44. The van der Waals surface area contributed by atoms with Crippen molar-refractivity contribution < 1.29 is 22.4 Å². The van der Waals surface area contributed by atoms with Crippen molar-refractivity contribution in [3.8, 4) is 0 Å². The maximum Gasteiger partial charge on any atom is 0.273 e. The van der Waals surface area contributed by atoms with Crippen LogP contribution in [0.1, 0.15) is 28.4 Å². The molecule has 22 heavy (non-hydrogen) atoms. The summed E-state index contributed by atoms with van der Waals surface area (Å²) in [7, 11) is 0. The van der Waals surface area contributed by atoms with Crippen LogP contribution in [0, 0.1) is 18.6 Å². The molecule has 0 saturated carbocycles. The van der Waals surface area contributed by atoms with Gasteiger partial charge < -0.3 is 5.32 Å². The highest BCUT2D eigenvalue weighted by atomic mass is 19.3. The number of amides is 1. The van der Waals surface area contributed by atoms with Crippen LogP contribution in [-0.2, 0) is 5.92 Å². The van der Waals surface area contributed by atoms with Crippen molar-refractivity contribution in [2.24, 2.45) is 0 Å². The van der Waals surface area contributed by atoms with Gasteiger partial charge in [-0.1, -0.05) is 0 Å². The van der Waals surface area contributed by atoms with E-state index < -0.39 is 29.0 Å². The highest BCUT2D eigenvalue weighted by Gasteiger charge is 2.29. The van der Waals surface area contributed by atoms with Gasteiger partial charge in [0.05, 0.1) is 5.56 Å². The third-order valence-corrected chi connectivity index (χ3v) is 3.12. The maximum atomic E-state index is 13.4. The summed E-state index contributed by atoms with van der Waals surface area (Å²) in [5.74, 6) is -5.58. The molecule has 0 bridgehead atoms. The lowest BCUT2D eigenvalue weighted by atomic mass is 10.0. The Morgan fingerprint density at radius 1 is 1.05 bits per heavy atom. The van der Waals surface area contributed by atoms with Crippen LogP contribution in [0.15, 0.2) is 36.4 Å². The molecule has 0 unspecified atom stereocenters. The zero-order chi connectivity index (χ0) is 16.5. The van der Waals surface area contributed by atoms with Crippen LogP contribution >= 0.6 is 0 Å². The predicted octanol–water partition coefficient (Wildman–Crippen LogP) is 4.64. The maximum absolute atomic E-state index is 13.4. The summed E-state index contributed by atoms with van der Waals surface area (Å²) in [5.41, 5.74) is -0.314. The predicted molar refractivity (Wildman–Crippen MR) is 75.1 cm³/mol. The number of benzene rings is 2. The molecule has 0 fully saturated rings. The average Bonchev–Trinajstić information content (AvgIpc) is 2.42. The average molecular weight is 311 g/mol. The molecule has 2 nitrogen and oxygen atoms in total. The molecule has 1 N–H and O–H groups in total.